The van der Waals surface area contributed by atoms with E-state index in [1.54, 1.807) is 13.8 Å². The van der Waals surface area contributed by atoms with E-state index in [1.165, 1.54) is 4.90 Å². The molecule has 0 unspecified atom stereocenters. The summed E-state index contributed by atoms with van der Waals surface area (Å²) >= 11 is 0. The lowest BCUT2D eigenvalue weighted by molar-refractivity contribution is -0.141. The molecule has 0 saturated carbocycles. The molecule has 2 rings (SSSR count). The Morgan fingerprint density at radius 2 is 1.71 bits per heavy atom. The summed E-state index contributed by atoms with van der Waals surface area (Å²) in [5.41, 5.74) is -1.61. The number of piperazine rings is 1. The molecule has 0 radical (unpaired) electrons. The van der Waals surface area contributed by atoms with E-state index < -0.39 is 23.3 Å². The maximum absolute atomic E-state index is 13.3. The minimum atomic E-state index is -4.68. The molecule has 0 N–H and O–H groups in total. The Bertz CT molecular complexity index is 593. The van der Waals surface area contributed by atoms with E-state index in [0.29, 0.717) is 32.2 Å². The van der Waals surface area contributed by atoms with Crippen molar-refractivity contribution in [1.82, 2.24) is 19.8 Å². The largest absolute Gasteiger partial charge is 0.434 e. The quantitative estimate of drug-likeness (QED) is 0.846. The highest BCUT2D eigenvalue weighted by Crippen LogP contribution is 2.31. The van der Waals surface area contributed by atoms with E-state index >= 15 is 0 Å². The van der Waals surface area contributed by atoms with Crippen molar-refractivity contribution in [2.45, 2.75) is 45.8 Å². The molecule has 5 nitrogen and oxygen atoms in total. The first-order chi connectivity index (χ1) is 11.1. The number of aromatic nitrogens is 2. The zero-order valence-corrected chi connectivity index (χ0v) is 14.4. The number of amides is 1. The number of halogens is 3. The summed E-state index contributed by atoms with van der Waals surface area (Å²) in [6, 6.07) is 0.349. The van der Waals surface area contributed by atoms with Crippen LogP contribution in [0.4, 0.5) is 13.2 Å². The Morgan fingerprint density at radius 1 is 1.12 bits per heavy atom. The molecule has 0 spiro atoms. The monoisotopic (exact) mass is 344 g/mol. The van der Waals surface area contributed by atoms with E-state index in [9.17, 15) is 18.0 Å². The lowest BCUT2D eigenvalue weighted by Crippen LogP contribution is -2.51. The van der Waals surface area contributed by atoms with Gasteiger partial charge in [0, 0.05) is 44.3 Å². The van der Waals surface area contributed by atoms with E-state index in [-0.39, 0.29) is 11.7 Å². The molecule has 1 aromatic heterocycles. The first kappa shape index (κ1) is 18.6. The number of hydrogen-bond acceptors (Lipinski definition) is 4. The van der Waals surface area contributed by atoms with Gasteiger partial charge in [0.05, 0.1) is 5.56 Å². The third kappa shape index (κ3) is 4.03. The molecular formula is C16H23F3N4O. The van der Waals surface area contributed by atoms with E-state index in [2.05, 4.69) is 28.7 Å². The SMILES string of the molecule is CC(C)c1ncc(C(=O)N2CCN(C(C)C)CC2)c(C(F)(F)F)n1. The number of hydrogen-bond donors (Lipinski definition) is 0. The van der Waals surface area contributed by atoms with Crippen molar-refractivity contribution in [3.63, 3.8) is 0 Å². The minimum absolute atomic E-state index is 0.0866. The molecule has 0 aliphatic carbocycles. The summed E-state index contributed by atoms with van der Waals surface area (Å²) in [4.78, 5) is 23.7. The maximum atomic E-state index is 13.3. The smallest absolute Gasteiger partial charge is 0.336 e. The van der Waals surface area contributed by atoms with E-state index in [0.717, 1.165) is 6.20 Å². The average molecular weight is 344 g/mol. The van der Waals surface area contributed by atoms with Crippen LogP contribution in [0.2, 0.25) is 0 Å². The van der Waals surface area contributed by atoms with Crippen LogP contribution in [0.1, 0.15) is 55.5 Å². The second kappa shape index (κ2) is 7.04. The van der Waals surface area contributed by atoms with Crippen LogP contribution >= 0.6 is 0 Å². The van der Waals surface area contributed by atoms with Crippen molar-refractivity contribution in [1.29, 1.82) is 0 Å². The number of carbonyl (C=O) groups excluding carboxylic acids is 1. The first-order valence-corrected chi connectivity index (χ1v) is 8.08. The summed E-state index contributed by atoms with van der Waals surface area (Å²) < 4.78 is 40.0. The van der Waals surface area contributed by atoms with Crippen LogP contribution in [0, 0.1) is 0 Å². The Hall–Kier alpha value is -1.70. The Kier molecular flexibility index (Phi) is 5.47. The molecule has 1 amide bonds. The van der Waals surface area contributed by atoms with Gasteiger partial charge in [-0.25, -0.2) is 9.97 Å². The molecule has 0 bridgehead atoms. The molecule has 1 aromatic rings. The van der Waals surface area contributed by atoms with Crippen molar-refractivity contribution in [3.05, 3.63) is 23.3 Å². The van der Waals surface area contributed by atoms with Gasteiger partial charge in [-0.1, -0.05) is 13.8 Å². The zero-order chi connectivity index (χ0) is 18.1. The average Bonchev–Trinajstić information content (AvgIpc) is 2.52. The summed E-state index contributed by atoms with van der Waals surface area (Å²) in [5, 5.41) is 0. The minimum Gasteiger partial charge on any atom is -0.336 e. The van der Waals surface area contributed by atoms with Gasteiger partial charge in [0.25, 0.3) is 5.91 Å². The second-order valence-electron chi connectivity index (χ2n) is 6.56. The van der Waals surface area contributed by atoms with Crippen molar-refractivity contribution >= 4 is 5.91 Å². The van der Waals surface area contributed by atoms with Gasteiger partial charge < -0.3 is 4.90 Å². The Balaban J connectivity index is 2.26. The fourth-order valence-electron chi connectivity index (χ4n) is 2.66. The number of carbonyl (C=O) groups is 1. The molecule has 1 aliphatic rings. The second-order valence-corrected chi connectivity index (χ2v) is 6.56. The number of rotatable bonds is 3. The van der Waals surface area contributed by atoms with E-state index in [4.69, 9.17) is 0 Å². The van der Waals surface area contributed by atoms with Crippen molar-refractivity contribution in [2.24, 2.45) is 0 Å². The summed E-state index contributed by atoms with van der Waals surface area (Å²) in [6.07, 6.45) is -3.67. The van der Waals surface area contributed by atoms with Crippen LogP contribution in [0.5, 0.6) is 0 Å². The number of alkyl halides is 3. The molecule has 8 heteroatoms. The first-order valence-electron chi connectivity index (χ1n) is 8.08. The number of nitrogens with zero attached hydrogens (tertiary/aromatic N) is 4. The summed E-state index contributed by atoms with van der Waals surface area (Å²) in [5.74, 6) is -0.811. The van der Waals surface area contributed by atoms with Crippen LogP contribution < -0.4 is 0 Å². The molecule has 134 valence electrons. The van der Waals surface area contributed by atoms with Crippen LogP contribution in [-0.4, -0.2) is 57.9 Å². The predicted molar refractivity (Wildman–Crippen MR) is 83.7 cm³/mol. The summed E-state index contributed by atoms with van der Waals surface area (Å²) in [6.45, 7) is 9.63. The molecular weight excluding hydrogens is 321 g/mol. The molecule has 1 aliphatic heterocycles. The van der Waals surface area contributed by atoms with Gasteiger partial charge in [0.15, 0.2) is 5.69 Å². The standard InChI is InChI=1S/C16H23F3N4O/c1-10(2)14-20-9-12(13(21-14)16(17,18)19)15(24)23-7-5-22(6-8-23)11(3)4/h9-11H,5-8H2,1-4H3. The van der Waals surface area contributed by atoms with Gasteiger partial charge in [0.2, 0.25) is 0 Å². The van der Waals surface area contributed by atoms with Gasteiger partial charge in [-0.3, -0.25) is 9.69 Å². The lowest BCUT2D eigenvalue weighted by atomic mass is 10.1. The van der Waals surface area contributed by atoms with E-state index in [1.807, 2.05) is 0 Å². The van der Waals surface area contributed by atoms with Gasteiger partial charge in [-0.15, -0.1) is 0 Å². The fraction of sp³-hybridized carbons (Fsp3) is 0.688. The maximum Gasteiger partial charge on any atom is 0.434 e. The normalized spacial score (nSPS) is 17.0. The molecule has 1 saturated heterocycles. The van der Waals surface area contributed by atoms with Crippen molar-refractivity contribution in [3.8, 4) is 0 Å². The molecule has 1 fully saturated rings. The van der Waals surface area contributed by atoms with Crippen molar-refractivity contribution in [2.75, 3.05) is 26.2 Å². The topological polar surface area (TPSA) is 49.3 Å². The molecule has 2 heterocycles. The molecule has 0 aromatic carbocycles. The highest BCUT2D eigenvalue weighted by molar-refractivity contribution is 5.95. The third-order valence-electron chi connectivity index (χ3n) is 4.15. The van der Waals surface area contributed by atoms with Gasteiger partial charge in [-0.05, 0) is 13.8 Å². The van der Waals surface area contributed by atoms with Crippen LogP contribution in [-0.2, 0) is 6.18 Å². The Morgan fingerprint density at radius 3 is 2.17 bits per heavy atom. The highest BCUT2D eigenvalue weighted by Gasteiger charge is 2.39. The summed E-state index contributed by atoms with van der Waals surface area (Å²) in [7, 11) is 0. The van der Waals surface area contributed by atoms with Crippen molar-refractivity contribution < 1.29 is 18.0 Å². The van der Waals surface area contributed by atoms with Crippen LogP contribution in [0.3, 0.4) is 0 Å². The van der Waals surface area contributed by atoms with Crippen LogP contribution in [0.25, 0.3) is 0 Å². The van der Waals surface area contributed by atoms with Gasteiger partial charge in [-0.2, -0.15) is 13.2 Å². The third-order valence-corrected chi connectivity index (χ3v) is 4.15. The fourth-order valence-corrected chi connectivity index (χ4v) is 2.66. The lowest BCUT2D eigenvalue weighted by Gasteiger charge is -2.37. The Labute approximate surface area is 139 Å². The van der Waals surface area contributed by atoms with Gasteiger partial charge >= 0.3 is 6.18 Å². The highest BCUT2D eigenvalue weighted by atomic mass is 19.4. The van der Waals surface area contributed by atoms with Crippen LogP contribution in [0.15, 0.2) is 6.20 Å². The zero-order valence-electron chi connectivity index (χ0n) is 14.4. The molecule has 24 heavy (non-hydrogen) atoms. The predicted octanol–water partition coefficient (Wildman–Crippen LogP) is 2.79. The molecule has 0 atom stereocenters. The van der Waals surface area contributed by atoms with Gasteiger partial charge in [0.1, 0.15) is 5.82 Å².